The zero-order chi connectivity index (χ0) is 18.0. The summed E-state index contributed by atoms with van der Waals surface area (Å²) < 4.78 is 3.98. The Bertz CT molecular complexity index is 703. The molecule has 138 valence electrons. The van der Waals surface area contributed by atoms with Gasteiger partial charge in [-0.3, -0.25) is 14.3 Å². The van der Waals surface area contributed by atoms with Gasteiger partial charge in [0.2, 0.25) is 0 Å². The molecule has 0 bridgehead atoms. The molecule has 0 amide bonds. The fourth-order valence-electron chi connectivity index (χ4n) is 3.91. The maximum absolute atomic E-state index is 9.06. The van der Waals surface area contributed by atoms with E-state index in [9.17, 15) is 0 Å². The monoisotopic (exact) mass is 345 g/mol. The molecule has 2 aromatic heterocycles. The van der Waals surface area contributed by atoms with Gasteiger partial charge < -0.3 is 5.11 Å². The van der Waals surface area contributed by atoms with E-state index in [2.05, 4.69) is 48.4 Å². The smallest absolute Gasteiger partial charge is 0.0668 e. The van der Waals surface area contributed by atoms with Gasteiger partial charge in [-0.2, -0.15) is 10.2 Å². The number of nitrogens with zero attached hydrogens (tertiary/aromatic N) is 5. The summed E-state index contributed by atoms with van der Waals surface area (Å²) in [6.45, 7) is 12.5. The molecule has 3 heterocycles. The fourth-order valence-corrected chi connectivity index (χ4v) is 3.91. The van der Waals surface area contributed by atoms with Crippen molar-refractivity contribution in [2.24, 2.45) is 0 Å². The van der Waals surface area contributed by atoms with Crippen molar-refractivity contribution >= 4 is 0 Å². The van der Waals surface area contributed by atoms with E-state index >= 15 is 0 Å². The van der Waals surface area contributed by atoms with Crippen LogP contribution in [-0.2, 0) is 13.1 Å². The van der Waals surface area contributed by atoms with Crippen molar-refractivity contribution in [3.8, 4) is 0 Å². The van der Waals surface area contributed by atoms with Gasteiger partial charge >= 0.3 is 0 Å². The van der Waals surface area contributed by atoms with Crippen LogP contribution in [0.1, 0.15) is 61.3 Å². The second-order valence-electron chi connectivity index (χ2n) is 7.49. The Kier molecular flexibility index (Phi) is 5.59. The van der Waals surface area contributed by atoms with Crippen LogP contribution in [0.4, 0.5) is 0 Å². The van der Waals surface area contributed by atoms with Gasteiger partial charge in [-0.15, -0.1) is 0 Å². The van der Waals surface area contributed by atoms with Crippen molar-refractivity contribution < 1.29 is 5.11 Å². The van der Waals surface area contributed by atoms with E-state index in [1.54, 1.807) is 0 Å². The van der Waals surface area contributed by atoms with E-state index in [4.69, 9.17) is 10.2 Å². The van der Waals surface area contributed by atoms with E-state index in [0.29, 0.717) is 18.5 Å². The van der Waals surface area contributed by atoms with E-state index in [1.807, 2.05) is 10.9 Å². The molecule has 0 aliphatic carbocycles. The summed E-state index contributed by atoms with van der Waals surface area (Å²) in [5.41, 5.74) is 4.98. The lowest BCUT2D eigenvalue weighted by molar-refractivity contribution is 0.197. The summed E-state index contributed by atoms with van der Waals surface area (Å²) in [7, 11) is 0. The third-order valence-electron chi connectivity index (χ3n) is 5.26. The molecule has 1 saturated heterocycles. The molecule has 0 aromatic carbocycles. The van der Waals surface area contributed by atoms with Crippen molar-refractivity contribution in [3.63, 3.8) is 0 Å². The lowest BCUT2D eigenvalue weighted by Gasteiger charge is -2.32. The predicted molar refractivity (Wildman–Crippen MR) is 98.7 cm³/mol. The lowest BCUT2D eigenvalue weighted by atomic mass is 9.94. The van der Waals surface area contributed by atoms with Gasteiger partial charge in [-0.05, 0) is 53.1 Å². The summed E-state index contributed by atoms with van der Waals surface area (Å²) in [5.74, 6) is 0.481. The van der Waals surface area contributed by atoms with Crippen LogP contribution in [0.15, 0.2) is 12.3 Å². The number of aliphatic hydroxyl groups excluding tert-OH is 1. The highest BCUT2D eigenvalue weighted by atomic mass is 16.3. The van der Waals surface area contributed by atoms with Gasteiger partial charge in [0, 0.05) is 42.5 Å². The van der Waals surface area contributed by atoms with Crippen LogP contribution in [0, 0.1) is 13.8 Å². The van der Waals surface area contributed by atoms with Crippen LogP contribution >= 0.6 is 0 Å². The Morgan fingerprint density at radius 3 is 2.76 bits per heavy atom. The van der Waals surface area contributed by atoms with Crippen LogP contribution in [0.3, 0.4) is 0 Å². The van der Waals surface area contributed by atoms with Gasteiger partial charge in [0.15, 0.2) is 0 Å². The average Bonchev–Trinajstić information content (AvgIpc) is 3.15. The first-order valence-corrected chi connectivity index (χ1v) is 9.40. The minimum Gasteiger partial charge on any atom is -0.394 e. The molecular formula is C19H31N5O. The summed E-state index contributed by atoms with van der Waals surface area (Å²) >= 11 is 0. The average molecular weight is 345 g/mol. The van der Waals surface area contributed by atoms with Crippen molar-refractivity contribution in [1.29, 1.82) is 0 Å². The van der Waals surface area contributed by atoms with Crippen LogP contribution in [-0.4, -0.2) is 49.3 Å². The van der Waals surface area contributed by atoms with Crippen LogP contribution in [0.5, 0.6) is 0 Å². The lowest BCUT2D eigenvalue weighted by Crippen LogP contribution is -2.34. The number of aryl methyl sites for hydroxylation is 1. The van der Waals surface area contributed by atoms with Crippen molar-refractivity contribution in [1.82, 2.24) is 24.5 Å². The van der Waals surface area contributed by atoms with E-state index < -0.39 is 0 Å². The van der Waals surface area contributed by atoms with Gasteiger partial charge in [0.25, 0.3) is 0 Å². The maximum Gasteiger partial charge on any atom is 0.0668 e. The largest absolute Gasteiger partial charge is 0.394 e. The molecule has 0 unspecified atom stereocenters. The molecule has 6 nitrogen and oxygen atoms in total. The topological polar surface area (TPSA) is 59.1 Å². The number of hydrogen-bond donors (Lipinski definition) is 1. The van der Waals surface area contributed by atoms with Crippen molar-refractivity contribution in [3.05, 3.63) is 34.9 Å². The molecule has 1 atom stereocenters. The number of piperidine rings is 1. The molecule has 2 aromatic rings. The summed E-state index contributed by atoms with van der Waals surface area (Å²) in [5, 5.41) is 18.4. The molecule has 25 heavy (non-hydrogen) atoms. The Labute approximate surface area is 150 Å². The SMILES string of the molecule is Cc1nn(C(C)C)c(C)c1CN1CCC[C@@H](c2ccn(CCO)n2)C1. The van der Waals surface area contributed by atoms with E-state index in [-0.39, 0.29) is 6.61 Å². The molecule has 1 fully saturated rings. The zero-order valence-electron chi connectivity index (χ0n) is 15.9. The first-order valence-electron chi connectivity index (χ1n) is 9.40. The second kappa shape index (κ2) is 7.70. The molecule has 6 heteroatoms. The standard InChI is InChI=1S/C19H31N5O/c1-14(2)24-16(4)18(15(3)20-24)13-22-8-5-6-17(12-22)19-7-9-23(21-19)10-11-25/h7,9,14,17,25H,5-6,8,10-13H2,1-4H3/t17-/m1/s1. The van der Waals surface area contributed by atoms with Gasteiger partial charge in [0.05, 0.1) is 24.5 Å². The Morgan fingerprint density at radius 2 is 2.08 bits per heavy atom. The Balaban J connectivity index is 1.69. The quantitative estimate of drug-likeness (QED) is 0.874. The molecule has 1 aliphatic rings. The minimum atomic E-state index is 0.135. The number of likely N-dealkylation sites (tertiary alicyclic amines) is 1. The second-order valence-corrected chi connectivity index (χ2v) is 7.49. The highest BCUT2D eigenvalue weighted by molar-refractivity contribution is 5.25. The van der Waals surface area contributed by atoms with Gasteiger partial charge in [0.1, 0.15) is 0 Å². The molecule has 1 aliphatic heterocycles. The molecular weight excluding hydrogens is 314 g/mol. The van der Waals surface area contributed by atoms with E-state index in [0.717, 1.165) is 31.0 Å². The summed E-state index contributed by atoms with van der Waals surface area (Å²) in [4.78, 5) is 2.54. The molecule has 1 N–H and O–H groups in total. The third-order valence-corrected chi connectivity index (χ3v) is 5.26. The summed E-state index contributed by atoms with van der Waals surface area (Å²) in [6.07, 6.45) is 4.37. The molecule has 0 spiro atoms. The van der Waals surface area contributed by atoms with Crippen molar-refractivity contribution in [2.75, 3.05) is 19.7 Å². The fraction of sp³-hybridized carbons (Fsp3) is 0.684. The Hall–Kier alpha value is -1.66. The normalized spacial score (nSPS) is 19.0. The first-order chi connectivity index (χ1) is 12.0. The molecule has 3 rings (SSSR count). The maximum atomic E-state index is 9.06. The third kappa shape index (κ3) is 3.96. The van der Waals surface area contributed by atoms with Crippen molar-refractivity contribution in [2.45, 2.75) is 65.6 Å². The molecule has 0 radical (unpaired) electrons. The number of rotatable bonds is 6. The van der Waals surface area contributed by atoms with Gasteiger partial charge in [-0.25, -0.2) is 0 Å². The van der Waals surface area contributed by atoms with Crippen LogP contribution in [0.2, 0.25) is 0 Å². The summed E-state index contributed by atoms with van der Waals surface area (Å²) in [6, 6.07) is 2.51. The van der Waals surface area contributed by atoms with Crippen LogP contribution < -0.4 is 0 Å². The van der Waals surface area contributed by atoms with E-state index in [1.165, 1.54) is 24.1 Å². The molecule has 0 saturated carbocycles. The first kappa shape index (κ1) is 18.1. The number of hydrogen-bond acceptors (Lipinski definition) is 4. The highest BCUT2D eigenvalue weighted by Crippen LogP contribution is 2.28. The predicted octanol–water partition coefficient (Wildman–Crippen LogP) is 2.65. The number of aromatic nitrogens is 4. The zero-order valence-corrected chi connectivity index (χ0v) is 15.9. The minimum absolute atomic E-state index is 0.135. The highest BCUT2D eigenvalue weighted by Gasteiger charge is 2.25. The number of aliphatic hydroxyl groups is 1. The van der Waals surface area contributed by atoms with Crippen LogP contribution in [0.25, 0.3) is 0 Å². The van der Waals surface area contributed by atoms with Gasteiger partial charge in [-0.1, -0.05) is 0 Å². The Morgan fingerprint density at radius 1 is 1.28 bits per heavy atom.